The van der Waals surface area contributed by atoms with Crippen molar-refractivity contribution in [3.63, 3.8) is 0 Å². The summed E-state index contributed by atoms with van der Waals surface area (Å²) in [7, 11) is 1.99. The summed E-state index contributed by atoms with van der Waals surface area (Å²) in [5, 5.41) is 15.5. The van der Waals surface area contributed by atoms with Crippen LogP contribution in [-0.2, 0) is 13.6 Å². The van der Waals surface area contributed by atoms with Gasteiger partial charge in [0, 0.05) is 19.1 Å². The van der Waals surface area contributed by atoms with Gasteiger partial charge in [-0.15, -0.1) is 34.2 Å². The summed E-state index contributed by atoms with van der Waals surface area (Å²) in [6.07, 6.45) is 9.03. The van der Waals surface area contributed by atoms with Gasteiger partial charge in [0.1, 0.15) is 12.4 Å². The number of aryl methyl sites for hydroxylation is 1. The maximum absolute atomic E-state index is 4.75. The van der Waals surface area contributed by atoms with Crippen LogP contribution in [0.25, 0.3) is 0 Å². The molecule has 0 atom stereocenters. The van der Waals surface area contributed by atoms with Crippen molar-refractivity contribution in [2.75, 3.05) is 0 Å². The number of hydrogen-bond donors (Lipinski definition) is 2. The Kier molecular flexibility index (Phi) is 7.31. The highest BCUT2D eigenvalue weighted by Crippen LogP contribution is 2.26. The monoisotopic (exact) mass is 446 g/mol. The minimum Gasteiger partial charge on any atom is -0.354 e. The minimum absolute atomic E-state index is 0. The Labute approximate surface area is 162 Å². The highest BCUT2D eigenvalue weighted by molar-refractivity contribution is 14.0. The Morgan fingerprint density at radius 1 is 1.08 bits per heavy atom. The molecular formula is C17H31IN6. The van der Waals surface area contributed by atoms with Crippen LogP contribution in [0.3, 0.4) is 0 Å². The summed E-state index contributed by atoms with van der Waals surface area (Å²) in [5.41, 5.74) is 0. The third-order valence-electron chi connectivity index (χ3n) is 5.24. The van der Waals surface area contributed by atoms with E-state index in [0.29, 0.717) is 18.6 Å². The standard InChI is InChI=1S/C17H30N6.HI/c1-4-13-5-7-14(8-6-13)19-17(20-15-9-10-15)18-11-16-22-21-12(2)23(16)3;/h13-15H,4-11H2,1-3H3,(H2,18,19,20);1H. The van der Waals surface area contributed by atoms with E-state index in [4.69, 9.17) is 4.99 Å². The van der Waals surface area contributed by atoms with E-state index in [1.165, 1.54) is 44.9 Å². The first kappa shape index (κ1) is 19.5. The Hall–Kier alpha value is -0.860. The summed E-state index contributed by atoms with van der Waals surface area (Å²) in [4.78, 5) is 4.75. The van der Waals surface area contributed by atoms with Crippen molar-refractivity contribution >= 4 is 29.9 Å². The molecule has 1 aromatic rings. The van der Waals surface area contributed by atoms with Gasteiger partial charge >= 0.3 is 0 Å². The first-order valence-corrected chi connectivity index (χ1v) is 9.08. The first-order valence-electron chi connectivity index (χ1n) is 9.08. The van der Waals surface area contributed by atoms with Crippen molar-refractivity contribution in [1.82, 2.24) is 25.4 Å². The van der Waals surface area contributed by atoms with Crippen LogP contribution in [0.4, 0.5) is 0 Å². The van der Waals surface area contributed by atoms with Crippen LogP contribution in [0.15, 0.2) is 4.99 Å². The van der Waals surface area contributed by atoms with Gasteiger partial charge in [0.05, 0.1) is 0 Å². The van der Waals surface area contributed by atoms with E-state index in [0.717, 1.165) is 23.5 Å². The van der Waals surface area contributed by atoms with Gasteiger partial charge in [-0.05, 0) is 51.4 Å². The molecule has 1 heterocycles. The van der Waals surface area contributed by atoms with Gasteiger partial charge in [0.25, 0.3) is 0 Å². The average molecular weight is 446 g/mol. The lowest BCUT2D eigenvalue weighted by molar-refractivity contribution is 0.304. The second-order valence-corrected chi connectivity index (χ2v) is 7.08. The third-order valence-corrected chi connectivity index (χ3v) is 5.24. The molecular weight excluding hydrogens is 415 g/mol. The van der Waals surface area contributed by atoms with Crippen LogP contribution >= 0.6 is 24.0 Å². The molecule has 0 saturated heterocycles. The Balaban J connectivity index is 0.00000208. The van der Waals surface area contributed by atoms with Gasteiger partial charge in [-0.2, -0.15) is 0 Å². The number of hydrogen-bond acceptors (Lipinski definition) is 3. The second kappa shape index (κ2) is 9.01. The van der Waals surface area contributed by atoms with Crippen LogP contribution < -0.4 is 10.6 Å². The molecule has 0 aliphatic heterocycles. The predicted octanol–water partition coefficient (Wildman–Crippen LogP) is 2.91. The van der Waals surface area contributed by atoms with Crippen LogP contribution in [0, 0.1) is 12.8 Å². The summed E-state index contributed by atoms with van der Waals surface area (Å²) in [6, 6.07) is 1.17. The molecule has 2 N–H and O–H groups in total. The number of guanidine groups is 1. The van der Waals surface area contributed by atoms with Gasteiger partial charge in [0.15, 0.2) is 11.8 Å². The zero-order valence-electron chi connectivity index (χ0n) is 15.1. The highest BCUT2D eigenvalue weighted by atomic mass is 127. The summed E-state index contributed by atoms with van der Waals surface area (Å²) >= 11 is 0. The molecule has 0 bridgehead atoms. The van der Waals surface area contributed by atoms with Crippen molar-refractivity contribution in [1.29, 1.82) is 0 Å². The van der Waals surface area contributed by atoms with Crippen LogP contribution in [0.5, 0.6) is 0 Å². The molecule has 2 aliphatic carbocycles. The molecule has 2 saturated carbocycles. The Bertz CT molecular complexity index is 543. The molecule has 0 spiro atoms. The van der Waals surface area contributed by atoms with Crippen molar-refractivity contribution in [2.45, 2.75) is 77.4 Å². The second-order valence-electron chi connectivity index (χ2n) is 7.08. The zero-order valence-corrected chi connectivity index (χ0v) is 17.4. The van der Waals surface area contributed by atoms with Crippen molar-refractivity contribution in [2.24, 2.45) is 18.0 Å². The van der Waals surface area contributed by atoms with Gasteiger partial charge in [0.2, 0.25) is 0 Å². The molecule has 2 fully saturated rings. The number of nitrogens with one attached hydrogen (secondary N) is 2. The van der Waals surface area contributed by atoms with Crippen molar-refractivity contribution in [3.8, 4) is 0 Å². The molecule has 6 nitrogen and oxygen atoms in total. The van der Waals surface area contributed by atoms with Gasteiger partial charge in [-0.1, -0.05) is 13.3 Å². The van der Waals surface area contributed by atoms with Gasteiger partial charge in [-0.25, -0.2) is 4.99 Å². The normalized spacial score (nSPS) is 24.4. The third kappa shape index (κ3) is 5.32. The topological polar surface area (TPSA) is 67.1 Å². The SMILES string of the molecule is CCC1CCC(NC(=NCc2nnc(C)n2C)NC2CC2)CC1.I. The van der Waals surface area contributed by atoms with Crippen molar-refractivity contribution < 1.29 is 0 Å². The predicted molar refractivity (Wildman–Crippen MR) is 108 cm³/mol. The largest absolute Gasteiger partial charge is 0.354 e. The maximum atomic E-state index is 4.75. The maximum Gasteiger partial charge on any atom is 0.192 e. The lowest BCUT2D eigenvalue weighted by Gasteiger charge is -2.29. The lowest BCUT2D eigenvalue weighted by Crippen LogP contribution is -2.45. The summed E-state index contributed by atoms with van der Waals surface area (Å²) in [5.74, 6) is 3.71. The molecule has 0 radical (unpaired) electrons. The fourth-order valence-corrected chi connectivity index (χ4v) is 3.20. The number of rotatable bonds is 5. The van der Waals surface area contributed by atoms with Gasteiger partial charge in [-0.3, -0.25) is 0 Å². The van der Waals surface area contributed by atoms with E-state index in [1.807, 2.05) is 18.5 Å². The zero-order chi connectivity index (χ0) is 16.2. The summed E-state index contributed by atoms with van der Waals surface area (Å²) < 4.78 is 2.00. The van der Waals surface area contributed by atoms with E-state index in [-0.39, 0.29) is 24.0 Å². The number of halogens is 1. The number of aromatic nitrogens is 3. The Morgan fingerprint density at radius 2 is 1.67 bits per heavy atom. The molecule has 0 amide bonds. The van der Waals surface area contributed by atoms with Crippen LogP contribution in [0.1, 0.15) is 63.5 Å². The number of aliphatic imine (C=N–C) groups is 1. The quantitative estimate of drug-likeness (QED) is 0.415. The minimum atomic E-state index is 0. The van der Waals surface area contributed by atoms with E-state index < -0.39 is 0 Å². The van der Waals surface area contributed by atoms with Crippen molar-refractivity contribution in [3.05, 3.63) is 11.6 Å². The molecule has 2 aliphatic rings. The molecule has 3 rings (SSSR count). The highest BCUT2D eigenvalue weighted by Gasteiger charge is 2.25. The van der Waals surface area contributed by atoms with E-state index >= 15 is 0 Å². The van der Waals surface area contributed by atoms with Gasteiger partial charge < -0.3 is 15.2 Å². The number of nitrogens with zero attached hydrogens (tertiary/aromatic N) is 4. The fraction of sp³-hybridized carbons (Fsp3) is 0.824. The molecule has 7 heteroatoms. The first-order chi connectivity index (χ1) is 11.2. The Morgan fingerprint density at radius 3 is 2.12 bits per heavy atom. The van der Waals surface area contributed by atoms with Crippen LogP contribution in [-0.4, -0.2) is 32.8 Å². The van der Waals surface area contributed by atoms with E-state index in [1.54, 1.807) is 0 Å². The molecule has 24 heavy (non-hydrogen) atoms. The average Bonchev–Trinajstić information content (AvgIpc) is 3.32. The van der Waals surface area contributed by atoms with Crippen LogP contribution in [0.2, 0.25) is 0 Å². The van der Waals surface area contributed by atoms with E-state index in [2.05, 4.69) is 27.8 Å². The molecule has 0 aromatic carbocycles. The smallest absolute Gasteiger partial charge is 0.192 e. The summed E-state index contributed by atoms with van der Waals surface area (Å²) in [6.45, 7) is 4.85. The van der Waals surface area contributed by atoms with E-state index in [9.17, 15) is 0 Å². The molecule has 136 valence electrons. The molecule has 0 unspecified atom stereocenters. The fourth-order valence-electron chi connectivity index (χ4n) is 3.20. The molecule has 1 aromatic heterocycles. The lowest BCUT2D eigenvalue weighted by atomic mass is 9.84.